The largest absolute Gasteiger partial charge is 0.353 e. The number of benzene rings is 1. The maximum atomic E-state index is 12.1. The third-order valence-electron chi connectivity index (χ3n) is 4.44. The maximum Gasteiger partial charge on any atom is 0.224 e. The van der Waals surface area contributed by atoms with Crippen molar-refractivity contribution < 1.29 is 9.59 Å². The summed E-state index contributed by atoms with van der Waals surface area (Å²) in [5.74, 6) is 0.334. The lowest BCUT2D eigenvalue weighted by molar-refractivity contribution is -0.132. The van der Waals surface area contributed by atoms with Crippen LogP contribution in [0.1, 0.15) is 50.2 Å². The van der Waals surface area contributed by atoms with Crippen molar-refractivity contribution in [1.82, 2.24) is 10.2 Å². The number of piperidine rings is 1. The maximum absolute atomic E-state index is 12.1. The molecule has 4 nitrogen and oxygen atoms in total. The smallest absolute Gasteiger partial charge is 0.224 e. The van der Waals surface area contributed by atoms with Crippen LogP contribution in [0.15, 0.2) is 24.3 Å². The molecule has 1 N–H and O–H groups in total. The summed E-state index contributed by atoms with van der Waals surface area (Å²) >= 11 is 0. The Labute approximate surface area is 139 Å². The standard InChI is InChI=1S/C19H28N2O2/c1-3-4-5-19(23)21-12-10-17(11-13-21)20-18(22)14-16-8-6-15(2)7-9-16/h6-9,17H,3-5,10-14H2,1-2H3,(H,20,22). The molecule has 0 bridgehead atoms. The van der Waals surface area contributed by atoms with Crippen molar-refractivity contribution in [2.45, 2.75) is 58.4 Å². The Kier molecular flexibility index (Phi) is 6.63. The monoisotopic (exact) mass is 316 g/mol. The van der Waals surface area contributed by atoms with E-state index in [2.05, 4.69) is 12.2 Å². The SMILES string of the molecule is CCCCC(=O)N1CCC(NC(=O)Cc2ccc(C)cc2)CC1. The molecule has 0 aromatic heterocycles. The molecule has 4 heteroatoms. The van der Waals surface area contributed by atoms with E-state index in [0.29, 0.717) is 12.8 Å². The lowest BCUT2D eigenvalue weighted by Crippen LogP contribution is -2.46. The third-order valence-corrected chi connectivity index (χ3v) is 4.44. The zero-order chi connectivity index (χ0) is 16.7. The second-order valence-electron chi connectivity index (χ2n) is 6.49. The van der Waals surface area contributed by atoms with E-state index in [-0.39, 0.29) is 17.9 Å². The molecule has 2 amide bonds. The van der Waals surface area contributed by atoms with Gasteiger partial charge in [-0.1, -0.05) is 43.2 Å². The number of unbranched alkanes of at least 4 members (excludes halogenated alkanes) is 1. The van der Waals surface area contributed by atoms with Gasteiger partial charge in [-0.15, -0.1) is 0 Å². The number of aryl methyl sites for hydroxylation is 1. The first-order chi connectivity index (χ1) is 11.1. The zero-order valence-electron chi connectivity index (χ0n) is 14.3. The fourth-order valence-corrected chi connectivity index (χ4v) is 2.93. The van der Waals surface area contributed by atoms with Crippen LogP contribution in [-0.2, 0) is 16.0 Å². The number of hydrogen-bond donors (Lipinski definition) is 1. The van der Waals surface area contributed by atoms with Crippen molar-refractivity contribution in [2.24, 2.45) is 0 Å². The number of likely N-dealkylation sites (tertiary alicyclic amines) is 1. The van der Waals surface area contributed by atoms with Gasteiger partial charge in [0.1, 0.15) is 0 Å². The molecule has 1 fully saturated rings. The van der Waals surface area contributed by atoms with E-state index in [1.165, 1.54) is 5.56 Å². The third kappa shape index (κ3) is 5.70. The van der Waals surface area contributed by atoms with E-state index in [4.69, 9.17) is 0 Å². The molecule has 2 rings (SSSR count). The van der Waals surface area contributed by atoms with E-state index < -0.39 is 0 Å². The van der Waals surface area contributed by atoms with Crippen LogP contribution >= 0.6 is 0 Å². The second kappa shape index (κ2) is 8.70. The van der Waals surface area contributed by atoms with Crippen LogP contribution in [-0.4, -0.2) is 35.8 Å². The summed E-state index contributed by atoms with van der Waals surface area (Å²) in [6.45, 7) is 5.67. The second-order valence-corrected chi connectivity index (χ2v) is 6.49. The first kappa shape index (κ1) is 17.5. The summed E-state index contributed by atoms with van der Waals surface area (Å²) < 4.78 is 0. The lowest BCUT2D eigenvalue weighted by atomic mass is 10.0. The summed E-state index contributed by atoms with van der Waals surface area (Å²) in [6.07, 6.45) is 4.81. The van der Waals surface area contributed by atoms with Crippen molar-refractivity contribution in [1.29, 1.82) is 0 Å². The number of carbonyl (C=O) groups is 2. The van der Waals surface area contributed by atoms with E-state index >= 15 is 0 Å². The molecular weight excluding hydrogens is 288 g/mol. The van der Waals surface area contributed by atoms with Gasteiger partial charge in [0.05, 0.1) is 6.42 Å². The normalized spacial score (nSPS) is 15.5. The van der Waals surface area contributed by atoms with Crippen molar-refractivity contribution in [3.63, 3.8) is 0 Å². The Balaban J connectivity index is 1.72. The summed E-state index contributed by atoms with van der Waals surface area (Å²) in [5, 5.41) is 3.11. The molecular formula is C19H28N2O2. The summed E-state index contributed by atoms with van der Waals surface area (Å²) in [6, 6.07) is 8.27. The van der Waals surface area contributed by atoms with Gasteiger partial charge in [-0.25, -0.2) is 0 Å². The first-order valence-electron chi connectivity index (χ1n) is 8.71. The average Bonchev–Trinajstić information content (AvgIpc) is 2.55. The number of carbonyl (C=O) groups excluding carboxylic acids is 2. The molecule has 1 aromatic rings. The van der Waals surface area contributed by atoms with E-state index in [1.54, 1.807) is 0 Å². The van der Waals surface area contributed by atoms with Gasteiger partial charge in [-0.3, -0.25) is 9.59 Å². The predicted octanol–water partition coefficient (Wildman–Crippen LogP) is 2.83. The minimum atomic E-state index is 0.0737. The van der Waals surface area contributed by atoms with Gasteiger partial charge in [0.15, 0.2) is 0 Å². The highest BCUT2D eigenvalue weighted by Gasteiger charge is 2.23. The summed E-state index contributed by atoms with van der Waals surface area (Å²) in [7, 11) is 0. The van der Waals surface area contributed by atoms with Gasteiger partial charge in [0.25, 0.3) is 0 Å². The summed E-state index contributed by atoms with van der Waals surface area (Å²) in [5.41, 5.74) is 2.24. The van der Waals surface area contributed by atoms with Gasteiger partial charge in [-0.05, 0) is 31.7 Å². The topological polar surface area (TPSA) is 49.4 Å². The van der Waals surface area contributed by atoms with Crippen molar-refractivity contribution in [3.05, 3.63) is 35.4 Å². The highest BCUT2D eigenvalue weighted by atomic mass is 16.2. The summed E-state index contributed by atoms with van der Waals surface area (Å²) in [4.78, 5) is 26.1. The van der Waals surface area contributed by atoms with Crippen LogP contribution in [0.2, 0.25) is 0 Å². The van der Waals surface area contributed by atoms with Crippen LogP contribution in [0.4, 0.5) is 0 Å². The molecule has 1 aliphatic rings. The van der Waals surface area contributed by atoms with Crippen LogP contribution < -0.4 is 5.32 Å². The quantitative estimate of drug-likeness (QED) is 0.877. The van der Waals surface area contributed by atoms with Crippen molar-refractivity contribution >= 4 is 11.8 Å². The number of hydrogen-bond acceptors (Lipinski definition) is 2. The van der Waals surface area contributed by atoms with Gasteiger partial charge >= 0.3 is 0 Å². The number of amides is 2. The highest BCUT2D eigenvalue weighted by molar-refractivity contribution is 5.79. The Hall–Kier alpha value is -1.84. The number of nitrogens with zero attached hydrogens (tertiary/aromatic N) is 1. The molecule has 0 radical (unpaired) electrons. The predicted molar refractivity (Wildman–Crippen MR) is 92.2 cm³/mol. The van der Waals surface area contributed by atoms with Crippen molar-refractivity contribution in [2.75, 3.05) is 13.1 Å². The van der Waals surface area contributed by atoms with E-state index in [1.807, 2.05) is 36.1 Å². The molecule has 0 saturated carbocycles. The fraction of sp³-hybridized carbons (Fsp3) is 0.579. The minimum Gasteiger partial charge on any atom is -0.353 e. The molecule has 0 aliphatic carbocycles. The zero-order valence-corrected chi connectivity index (χ0v) is 14.3. The first-order valence-corrected chi connectivity index (χ1v) is 8.71. The fourth-order valence-electron chi connectivity index (χ4n) is 2.93. The average molecular weight is 316 g/mol. The van der Waals surface area contributed by atoms with Crippen LogP contribution in [0.5, 0.6) is 0 Å². The number of nitrogens with one attached hydrogen (secondary N) is 1. The Morgan fingerprint density at radius 1 is 1.17 bits per heavy atom. The van der Waals surface area contributed by atoms with Gasteiger partial charge in [-0.2, -0.15) is 0 Å². The van der Waals surface area contributed by atoms with E-state index in [0.717, 1.165) is 44.3 Å². The van der Waals surface area contributed by atoms with Crippen molar-refractivity contribution in [3.8, 4) is 0 Å². The highest BCUT2D eigenvalue weighted by Crippen LogP contribution is 2.13. The Bertz CT molecular complexity index is 517. The molecule has 0 unspecified atom stereocenters. The molecule has 1 aromatic carbocycles. The molecule has 0 atom stereocenters. The van der Waals surface area contributed by atoms with E-state index in [9.17, 15) is 9.59 Å². The number of rotatable bonds is 6. The molecule has 1 heterocycles. The van der Waals surface area contributed by atoms with Gasteiger partial charge in [0.2, 0.25) is 11.8 Å². The lowest BCUT2D eigenvalue weighted by Gasteiger charge is -2.32. The molecule has 1 saturated heterocycles. The molecule has 126 valence electrons. The Morgan fingerprint density at radius 3 is 2.43 bits per heavy atom. The minimum absolute atomic E-state index is 0.0737. The van der Waals surface area contributed by atoms with Crippen LogP contribution in [0, 0.1) is 6.92 Å². The molecule has 23 heavy (non-hydrogen) atoms. The molecule has 0 spiro atoms. The molecule has 1 aliphatic heterocycles. The Morgan fingerprint density at radius 2 is 1.83 bits per heavy atom. The van der Waals surface area contributed by atoms with Crippen LogP contribution in [0.25, 0.3) is 0 Å². The van der Waals surface area contributed by atoms with Gasteiger partial charge < -0.3 is 10.2 Å². The van der Waals surface area contributed by atoms with Gasteiger partial charge in [0, 0.05) is 25.6 Å². The van der Waals surface area contributed by atoms with Crippen LogP contribution in [0.3, 0.4) is 0 Å².